The molecule has 136 valence electrons. The number of nitrogens with one attached hydrogen (secondary N) is 1. The second-order valence-corrected chi connectivity index (χ2v) is 7.22. The molecule has 2 amide bonds. The van der Waals surface area contributed by atoms with E-state index in [0.717, 1.165) is 36.9 Å². The van der Waals surface area contributed by atoms with E-state index in [4.69, 9.17) is 0 Å². The van der Waals surface area contributed by atoms with Crippen LogP contribution in [0.1, 0.15) is 31.2 Å². The largest absolute Gasteiger partial charge is 0.352 e. The van der Waals surface area contributed by atoms with Crippen LogP contribution in [0.3, 0.4) is 0 Å². The van der Waals surface area contributed by atoms with Crippen molar-refractivity contribution < 1.29 is 9.59 Å². The van der Waals surface area contributed by atoms with Crippen LogP contribution in [0, 0.1) is 11.8 Å². The number of nitrogens with zero attached hydrogens (tertiary/aromatic N) is 3. The summed E-state index contributed by atoms with van der Waals surface area (Å²) >= 11 is 0. The van der Waals surface area contributed by atoms with E-state index in [2.05, 4.69) is 10.4 Å². The summed E-state index contributed by atoms with van der Waals surface area (Å²) in [6, 6.07) is 9.90. The van der Waals surface area contributed by atoms with Crippen LogP contribution in [-0.2, 0) is 16.1 Å². The maximum absolute atomic E-state index is 12.4. The van der Waals surface area contributed by atoms with Crippen LogP contribution in [0.2, 0.25) is 0 Å². The number of benzene rings is 1. The van der Waals surface area contributed by atoms with E-state index in [1.165, 1.54) is 0 Å². The summed E-state index contributed by atoms with van der Waals surface area (Å²) in [4.78, 5) is 26.4. The molecule has 1 saturated heterocycles. The Morgan fingerprint density at radius 1 is 1.04 bits per heavy atom. The molecule has 6 nitrogen and oxygen atoms in total. The lowest BCUT2D eigenvalue weighted by atomic mass is 9.95. The molecule has 1 aliphatic carbocycles. The molecule has 2 aliphatic rings. The van der Waals surface area contributed by atoms with Gasteiger partial charge in [-0.05, 0) is 37.8 Å². The minimum absolute atomic E-state index is 0.00224. The number of piperidine rings is 1. The summed E-state index contributed by atoms with van der Waals surface area (Å²) in [5, 5.41) is 7.37. The number of rotatable bonds is 5. The molecule has 0 spiro atoms. The number of carbonyl (C=O) groups excluding carboxylic acids is 2. The molecule has 1 aromatic carbocycles. The molecule has 26 heavy (non-hydrogen) atoms. The van der Waals surface area contributed by atoms with Crippen molar-refractivity contribution in [2.45, 2.75) is 32.2 Å². The predicted molar refractivity (Wildman–Crippen MR) is 97.4 cm³/mol. The second kappa shape index (κ2) is 7.32. The van der Waals surface area contributed by atoms with Gasteiger partial charge in [-0.25, -0.2) is 4.68 Å². The Kier molecular flexibility index (Phi) is 4.73. The monoisotopic (exact) mass is 352 g/mol. The van der Waals surface area contributed by atoms with Crippen LogP contribution < -0.4 is 5.32 Å². The summed E-state index contributed by atoms with van der Waals surface area (Å²) in [5.41, 5.74) is 1.97. The number of likely N-dealkylation sites (tertiary alicyclic amines) is 1. The normalized spacial score (nSPS) is 17.9. The third kappa shape index (κ3) is 3.79. The van der Waals surface area contributed by atoms with Crippen LogP contribution in [0.15, 0.2) is 42.7 Å². The van der Waals surface area contributed by atoms with Crippen molar-refractivity contribution in [2.24, 2.45) is 11.8 Å². The van der Waals surface area contributed by atoms with Crippen LogP contribution in [0.4, 0.5) is 0 Å². The van der Waals surface area contributed by atoms with E-state index in [-0.39, 0.29) is 23.7 Å². The molecule has 1 aromatic heterocycles. The van der Waals surface area contributed by atoms with Crippen molar-refractivity contribution in [1.82, 2.24) is 20.0 Å². The van der Waals surface area contributed by atoms with E-state index < -0.39 is 0 Å². The van der Waals surface area contributed by atoms with Crippen LogP contribution in [0.25, 0.3) is 5.69 Å². The average molecular weight is 352 g/mol. The SMILES string of the molecule is O=C(NCc1cnn(-c2ccccc2)c1)C1CCN(C(=O)C2CC2)CC1. The van der Waals surface area contributed by atoms with Crippen molar-refractivity contribution >= 4 is 11.8 Å². The molecule has 4 rings (SSSR count). The first-order chi connectivity index (χ1) is 12.7. The highest BCUT2D eigenvalue weighted by Gasteiger charge is 2.35. The van der Waals surface area contributed by atoms with E-state index in [1.807, 2.05) is 46.1 Å². The van der Waals surface area contributed by atoms with Gasteiger partial charge in [0.2, 0.25) is 11.8 Å². The third-order valence-electron chi connectivity index (χ3n) is 5.23. The first-order valence-corrected chi connectivity index (χ1v) is 9.36. The van der Waals surface area contributed by atoms with Gasteiger partial charge in [-0.1, -0.05) is 18.2 Å². The first-order valence-electron chi connectivity index (χ1n) is 9.36. The standard InChI is InChI=1S/C20H24N4O2/c25-19(16-8-10-23(11-9-16)20(26)17-6-7-17)21-12-15-13-22-24(14-15)18-4-2-1-3-5-18/h1-5,13-14,16-17H,6-12H2,(H,21,25). The minimum Gasteiger partial charge on any atom is -0.352 e. The molecule has 2 fully saturated rings. The summed E-state index contributed by atoms with van der Waals surface area (Å²) in [6.07, 6.45) is 7.31. The van der Waals surface area contributed by atoms with Gasteiger partial charge in [-0.15, -0.1) is 0 Å². The topological polar surface area (TPSA) is 67.2 Å². The summed E-state index contributed by atoms with van der Waals surface area (Å²) < 4.78 is 1.81. The van der Waals surface area contributed by atoms with Crippen LogP contribution >= 0.6 is 0 Å². The Bertz CT molecular complexity index is 774. The zero-order valence-electron chi connectivity index (χ0n) is 14.8. The fraction of sp³-hybridized carbons (Fsp3) is 0.450. The summed E-state index contributed by atoms with van der Waals surface area (Å²) in [6.45, 7) is 1.89. The molecule has 0 bridgehead atoms. The summed E-state index contributed by atoms with van der Waals surface area (Å²) in [5.74, 6) is 0.636. The molecule has 0 atom stereocenters. The maximum atomic E-state index is 12.4. The Morgan fingerprint density at radius 2 is 1.77 bits per heavy atom. The lowest BCUT2D eigenvalue weighted by molar-refractivity contribution is -0.136. The van der Waals surface area contributed by atoms with Crippen LogP contribution in [-0.4, -0.2) is 39.6 Å². The predicted octanol–water partition coefficient (Wildman–Crippen LogP) is 2.14. The number of aromatic nitrogens is 2. The molecule has 2 aromatic rings. The van der Waals surface area contributed by atoms with Gasteiger partial charge in [0.15, 0.2) is 0 Å². The Morgan fingerprint density at radius 3 is 2.46 bits per heavy atom. The average Bonchev–Trinajstić information content (AvgIpc) is 3.44. The fourth-order valence-corrected chi connectivity index (χ4v) is 3.46. The van der Waals surface area contributed by atoms with Gasteiger partial charge >= 0.3 is 0 Å². The molecular weight excluding hydrogens is 328 g/mol. The third-order valence-corrected chi connectivity index (χ3v) is 5.23. The van der Waals surface area contributed by atoms with Gasteiger partial charge in [0, 0.05) is 43.2 Å². The van der Waals surface area contributed by atoms with Crippen molar-refractivity contribution in [3.63, 3.8) is 0 Å². The van der Waals surface area contributed by atoms with E-state index in [9.17, 15) is 9.59 Å². The lowest BCUT2D eigenvalue weighted by Crippen LogP contribution is -2.43. The number of hydrogen-bond donors (Lipinski definition) is 1. The first kappa shape index (κ1) is 16.8. The van der Waals surface area contributed by atoms with E-state index in [0.29, 0.717) is 19.6 Å². The quantitative estimate of drug-likeness (QED) is 0.896. The van der Waals surface area contributed by atoms with Crippen molar-refractivity contribution in [1.29, 1.82) is 0 Å². The van der Waals surface area contributed by atoms with Gasteiger partial charge in [0.25, 0.3) is 0 Å². The maximum Gasteiger partial charge on any atom is 0.225 e. The number of para-hydroxylation sites is 1. The van der Waals surface area contributed by atoms with Gasteiger partial charge in [-0.3, -0.25) is 9.59 Å². The number of amides is 2. The molecule has 1 saturated carbocycles. The number of carbonyl (C=O) groups is 2. The highest BCUT2D eigenvalue weighted by Crippen LogP contribution is 2.32. The molecule has 1 N–H and O–H groups in total. The molecule has 6 heteroatoms. The molecule has 2 heterocycles. The van der Waals surface area contributed by atoms with E-state index in [1.54, 1.807) is 6.20 Å². The Hall–Kier alpha value is -2.63. The number of hydrogen-bond acceptors (Lipinski definition) is 3. The highest BCUT2D eigenvalue weighted by molar-refractivity contribution is 5.82. The van der Waals surface area contributed by atoms with E-state index >= 15 is 0 Å². The second-order valence-electron chi connectivity index (χ2n) is 7.22. The van der Waals surface area contributed by atoms with Crippen molar-refractivity contribution in [3.05, 3.63) is 48.3 Å². The molecule has 0 radical (unpaired) electrons. The Labute approximate surface area is 153 Å². The summed E-state index contributed by atoms with van der Waals surface area (Å²) in [7, 11) is 0. The molecular formula is C20H24N4O2. The van der Waals surface area contributed by atoms with Crippen molar-refractivity contribution in [2.75, 3.05) is 13.1 Å². The van der Waals surface area contributed by atoms with Gasteiger partial charge in [0.1, 0.15) is 0 Å². The van der Waals surface area contributed by atoms with Crippen LogP contribution in [0.5, 0.6) is 0 Å². The van der Waals surface area contributed by atoms with Crippen molar-refractivity contribution in [3.8, 4) is 5.69 Å². The zero-order chi connectivity index (χ0) is 17.9. The zero-order valence-corrected chi connectivity index (χ0v) is 14.8. The molecule has 0 unspecified atom stereocenters. The molecule has 1 aliphatic heterocycles. The van der Waals surface area contributed by atoms with Gasteiger partial charge in [-0.2, -0.15) is 5.10 Å². The minimum atomic E-state index is 0.00224. The van der Waals surface area contributed by atoms with Gasteiger partial charge in [0.05, 0.1) is 11.9 Å². The lowest BCUT2D eigenvalue weighted by Gasteiger charge is -2.31. The highest BCUT2D eigenvalue weighted by atomic mass is 16.2. The smallest absolute Gasteiger partial charge is 0.225 e. The van der Waals surface area contributed by atoms with Gasteiger partial charge < -0.3 is 10.2 Å². The fourth-order valence-electron chi connectivity index (χ4n) is 3.46. The Balaban J connectivity index is 1.25.